The first kappa shape index (κ1) is 25.1. The zero-order chi connectivity index (χ0) is 29.9. The molecule has 0 saturated heterocycles. The van der Waals surface area contributed by atoms with Gasteiger partial charge in [-0.2, -0.15) is 15.2 Å². The lowest BCUT2D eigenvalue weighted by molar-refractivity contribution is 0.955. The molecule has 0 aliphatic heterocycles. The van der Waals surface area contributed by atoms with E-state index in [2.05, 4.69) is 95.6 Å². The van der Waals surface area contributed by atoms with Crippen LogP contribution < -0.4 is 0 Å². The number of rotatable bonds is 3. The summed E-state index contributed by atoms with van der Waals surface area (Å²) >= 11 is 0. The SMILES string of the molecule is N#Cc1ccc(-c2nc(-c3ccccc3)nc(-n3c4ccccc4c4c5ccccc5c5c6ccccc6ccc5c43)n2)cc1. The van der Waals surface area contributed by atoms with E-state index >= 15 is 0 Å². The Hall–Kier alpha value is -6.38. The molecule has 0 saturated carbocycles. The van der Waals surface area contributed by atoms with Crippen molar-refractivity contribution in [3.63, 3.8) is 0 Å². The van der Waals surface area contributed by atoms with Crippen molar-refractivity contribution < 1.29 is 0 Å². The minimum Gasteiger partial charge on any atom is -0.277 e. The van der Waals surface area contributed by atoms with Crippen molar-refractivity contribution in [2.24, 2.45) is 0 Å². The molecule has 208 valence electrons. The van der Waals surface area contributed by atoms with Crippen LogP contribution >= 0.6 is 0 Å². The van der Waals surface area contributed by atoms with Crippen LogP contribution in [0.1, 0.15) is 5.56 Å². The van der Waals surface area contributed by atoms with E-state index in [-0.39, 0.29) is 0 Å². The summed E-state index contributed by atoms with van der Waals surface area (Å²) in [7, 11) is 0. The van der Waals surface area contributed by atoms with Gasteiger partial charge in [0.1, 0.15) is 0 Å². The van der Waals surface area contributed by atoms with E-state index in [1.165, 1.54) is 32.3 Å². The van der Waals surface area contributed by atoms with Crippen molar-refractivity contribution in [3.05, 3.63) is 145 Å². The number of nitrogens with zero attached hydrogens (tertiary/aromatic N) is 5. The second-order valence-corrected chi connectivity index (χ2v) is 11.2. The maximum atomic E-state index is 9.40. The first-order valence-electron chi connectivity index (χ1n) is 14.9. The summed E-state index contributed by atoms with van der Waals surface area (Å²) in [5.74, 6) is 1.67. The van der Waals surface area contributed by atoms with Gasteiger partial charge in [-0.05, 0) is 57.3 Å². The minimum absolute atomic E-state index is 0.541. The number of hydrogen-bond acceptors (Lipinski definition) is 4. The Morgan fingerprint density at radius 3 is 1.80 bits per heavy atom. The fraction of sp³-hybridized carbons (Fsp3) is 0. The Kier molecular flexibility index (Phi) is 5.50. The molecule has 0 unspecified atom stereocenters. The molecule has 2 heterocycles. The Labute approximate surface area is 258 Å². The molecule has 0 N–H and O–H groups in total. The summed E-state index contributed by atoms with van der Waals surface area (Å²) < 4.78 is 2.20. The first-order chi connectivity index (χ1) is 22.3. The average molecular weight is 574 g/mol. The number of hydrogen-bond donors (Lipinski definition) is 0. The Balaban J connectivity index is 1.47. The molecule has 0 amide bonds. The average Bonchev–Trinajstić information content (AvgIpc) is 3.47. The van der Waals surface area contributed by atoms with Crippen LogP contribution in [-0.2, 0) is 0 Å². The van der Waals surface area contributed by atoms with Crippen LogP contribution in [0.4, 0.5) is 0 Å². The third-order valence-corrected chi connectivity index (χ3v) is 8.65. The number of fused-ring (bicyclic) bond motifs is 10. The van der Waals surface area contributed by atoms with E-state index in [0.717, 1.165) is 32.9 Å². The van der Waals surface area contributed by atoms with Crippen LogP contribution in [0.25, 0.3) is 82.8 Å². The maximum absolute atomic E-state index is 9.40. The predicted octanol–water partition coefficient (Wildman–Crippen LogP) is 9.63. The monoisotopic (exact) mass is 573 g/mol. The highest BCUT2D eigenvalue weighted by atomic mass is 15.2. The molecule has 0 aliphatic carbocycles. The lowest BCUT2D eigenvalue weighted by atomic mass is 9.93. The molecule has 0 radical (unpaired) electrons. The Morgan fingerprint density at radius 1 is 0.467 bits per heavy atom. The zero-order valence-corrected chi connectivity index (χ0v) is 24.0. The smallest absolute Gasteiger partial charge is 0.238 e. The Bertz CT molecular complexity index is 2650. The number of benzene rings is 7. The van der Waals surface area contributed by atoms with E-state index in [4.69, 9.17) is 15.0 Å². The summed E-state index contributed by atoms with van der Waals surface area (Å²) in [4.78, 5) is 15.2. The minimum atomic E-state index is 0.541. The summed E-state index contributed by atoms with van der Waals surface area (Å²) in [6.45, 7) is 0. The van der Waals surface area contributed by atoms with Gasteiger partial charge in [0.05, 0.1) is 22.7 Å². The van der Waals surface area contributed by atoms with Crippen LogP contribution in [-0.4, -0.2) is 19.5 Å². The number of nitriles is 1. The molecule has 9 aromatic rings. The van der Waals surface area contributed by atoms with Gasteiger partial charge in [-0.1, -0.05) is 109 Å². The molecule has 0 spiro atoms. The summed E-state index contributed by atoms with van der Waals surface area (Å²) in [6.07, 6.45) is 0. The molecule has 0 aliphatic rings. The fourth-order valence-electron chi connectivity index (χ4n) is 6.66. The highest BCUT2D eigenvalue weighted by Crippen LogP contribution is 2.44. The second kappa shape index (κ2) is 9.84. The van der Waals surface area contributed by atoms with Crippen molar-refractivity contribution in [2.45, 2.75) is 0 Å². The van der Waals surface area contributed by atoms with Gasteiger partial charge in [-0.25, -0.2) is 4.98 Å². The summed E-state index contributed by atoms with van der Waals surface area (Å²) in [5, 5.41) is 18.9. The predicted molar refractivity (Wildman–Crippen MR) is 182 cm³/mol. The van der Waals surface area contributed by atoms with Crippen LogP contribution in [0, 0.1) is 11.3 Å². The van der Waals surface area contributed by atoms with Crippen molar-refractivity contribution in [1.29, 1.82) is 5.26 Å². The highest BCUT2D eigenvalue weighted by Gasteiger charge is 2.22. The zero-order valence-electron chi connectivity index (χ0n) is 24.0. The van der Waals surface area contributed by atoms with Crippen molar-refractivity contribution in [1.82, 2.24) is 19.5 Å². The first-order valence-corrected chi connectivity index (χ1v) is 14.9. The van der Waals surface area contributed by atoms with Gasteiger partial charge in [-0.3, -0.25) is 4.57 Å². The summed E-state index contributed by atoms with van der Waals surface area (Å²) in [6, 6.07) is 49.8. The van der Waals surface area contributed by atoms with Gasteiger partial charge in [0.2, 0.25) is 5.95 Å². The molecular weight excluding hydrogens is 550 g/mol. The van der Waals surface area contributed by atoms with Crippen LogP contribution in [0.5, 0.6) is 0 Å². The van der Waals surface area contributed by atoms with E-state index < -0.39 is 0 Å². The molecule has 0 atom stereocenters. The molecule has 7 aromatic carbocycles. The largest absolute Gasteiger partial charge is 0.277 e. The standard InChI is InChI=1S/C40H23N5/c41-24-25-18-20-28(21-19-25)39-42-38(27-11-2-1-3-12-27)43-40(44-39)45-34-17-9-8-16-32(34)36-31-15-7-6-14-30(31)35-29-13-5-4-10-26(29)22-23-33(35)37(36)45/h1-23H. The molecular formula is C40H23N5. The quantitative estimate of drug-likeness (QED) is 0.197. The third-order valence-electron chi connectivity index (χ3n) is 8.65. The third kappa shape index (κ3) is 3.83. The van der Waals surface area contributed by atoms with Crippen LogP contribution in [0.3, 0.4) is 0 Å². The van der Waals surface area contributed by atoms with Crippen molar-refractivity contribution in [3.8, 4) is 34.8 Å². The molecule has 45 heavy (non-hydrogen) atoms. The molecule has 0 fully saturated rings. The number of aromatic nitrogens is 4. The van der Waals surface area contributed by atoms with E-state index in [1.54, 1.807) is 12.1 Å². The molecule has 2 aromatic heterocycles. The number of para-hydroxylation sites is 1. The van der Waals surface area contributed by atoms with E-state index in [0.29, 0.717) is 23.2 Å². The second-order valence-electron chi connectivity index (χ2n) is 11.2. The Morgan fingerprint density at radius 2 is 1.07 bits per heavy atom. The lowest BCUT2D eigenvalue weighted by Crippen LogP contribution is -2.06. The van der Waals surface area contributed by atoms with Gasteiger partial charge in [0, 0.05) is 27.3 Å². The molecule has 0 bridgehead atoms. The summed E-state index contributed by atoms with van der Waals surface area (Å²) in [5.41, 5.74) is 4.39. The van der Waals surface area contributed by atoms with Gasteiger partial charge < -0.3 is 0 Å². The molecule has 5 heteroatoms. The highest BCUT2D eigenvalue weighted by molar-refractivity contribution is 6.35. The lowest BCUT2D eigenvalue weighted by Gasteiger charge is -2.14. The molecule has 9 rings (SSSR count). The molecule has 5 nitrogen and oxygen atoms in total. The van der Waals surface area contributed by atoms with Crippen molar-refractivity contribution >= 4 is 54.1 Å². The van der Waals surface area contributed by atoms with Gasteiger partial charge >= 0.3 is 0 Å². The van der Waals surface area contributed by atoms with E-state index in [9.17, 15) is 5.26 Å². The van der Waals surface area contributed by atoms with Gasteiger partial charge in [-0.15, -0.1) is 0 Å². The fourth-order valence-corrected chi connectivity index (χ4v) is 6.66. The van der Waals surface area contributed by atoms with Crippen LogP contribution in [0.15, 0.2) is 140 Å². The van der Waals surface area contributed by atoms with E-state index in [1.807, 2.05) is 42.5 Å². The maximum Gasteiger partial charge on any atom is 0.238 e. The van der Waals surface area contributed by atoms with Crippen LogP contribution in [0.2, 0.25) is 0 Å². The topological polar surface area (TPSA) is 67.4 Å². The van der Waals surface area contributed by atoms with Crippen molar-refractivity contribution in [2.75, 3.05) is 0 Å². The van der Waals surface area contributed by atoms with Gasteiger partial charge in [0.25, 0.3) is 0 Å². The normalized spacial score (nSPS) is 11.5. The van der Waals surface area contributed by atoms with Gasteiger partial charge in [0.15, 0.2) is 11.6 Å².